The highest BCUT2D eigenvalue weighted by molar-refractivity contribution is 5.35. The monoisotopic (exact) mass is 282 g/mol. The van der Waals surface area contributed by atoms with Gasteiger partial charge in [0.05, 0.1) is 11.7 Å². The van der Waals surface area contributed by atoms with Crippen molar-refractivity contribution in [3.63, 3.8) is 0 Å². The van der Waals surface area contributed by atoms with E-state index in [1.54, 1.807) is 0 Å². The molecular weight excluding hydrogens is 269 g/mol. The molecular formula is C15H13F3O2. The Morgan fingerprint density at radius 2 is 1.75 bits per heavy atom. The van der Waals surface area contributed by atoms with Crippen LogP contribution in [0, 0.1) is 17.5 Å². The van der Waals surface area contributed by atoms with E-state index in [0.29, 0.717) is 0 Å². The maximum absolute atomic E-state index is 13.4. The van der Waals surface area contributed by atoms with Crippen LogP contribution in [-0.4, -0.2) is 5.11 Å². The van der Waals surface area contributed by atoms with Crippen LogP contribution in [-0.2, 0) is 6.61 Å². The zero-order valence-electron chi connectivity index (χ0n) is 10.7. The van der Waals surface area contributed by atoms with Gasteiger partial charge in [-0.05, 0) is 37.3 Å². The fraction of sp³-hybridized carbons (Fsp3) is 0.200. The first-order chi connectivity index (χ1) is 9.49. The number of halogens is 3. The Morgan fingerprint density at radius 1 is 1.10 bits per heavy atom. The molecule has 2 aromatic rings. The molecule has 1 N–H and O–H groups in total. The van der Waals surface area contributed by atoms with Crippen LogP contribution in [0.4, 0.5) is 13.2 Å². The summed E-state index contributed by atoms with van der Waals surface area (Å²) in [4.78, 5) is 0. The lowest BCUT2D eigenvalue weighted by molar-refractivity contribution is 0.189. The summed E-state index contributed by atoms with van der Waals surface area (Å²) in [6.07, 6.45) is -0.953. The molecule has 0 saturated carbocycles. The van der Waals surface area contributed by atoms with Crippen LogP contribution in [0.5, 0.6) is 5.75 Å². The lowest BCUT2D eigenvalue weighted by atomic mass is 10.1. The first kappa shape index (κ1) is 14.4. The van der Waals surface area contributed by atoms with E-state index in [1.165, 1.54) is 19.1 Å². The highest BCUT2D eigenvalue weighted by Crippen LogP contribution is 2.27. The highest BCUT2D eigenvalue weighted by Gasteiger charge is 2.13. The Hall–Kier alpha value is -2.01. The molecule has 2 aromatic carbocycles. The third kappa shape index (κ3) is 3.11. The van der Waals surface area contributed by atoms with Gasteiger partial charge >= 0.3 is 0 Å². The molecule has 0 fully saturated rings. The molecule has 1 atom stereocenters. The van der Waals surface area contributed by atoms with Gasteiger partial charge in [0.25, 0.3) is 0 Å². The topological polar surface area (TPSA) is 29.5 Å². The first-order valence-electron chi connectivity index (χ1n) is 6.02. The average Bonchev–Trinajstić information content (AvgIpc) is 2.39. The average molecular weight is 282 g/mol. The van der Waals surface area contributed by atoms with Crippen molar-refractivity contribution in [2.45, 2.75) is 19.6 Å². The van der Waals surface area contributed by atoms with Gasteiger partial charge in [0.2, 0.25) is 0 Å². The van der Waals surface area contributed by atoms with Crippen molar-refractivity contribution >= 4 is 0 Å². The molecule has 0 aliphatic carbocycles. The molecule has 0 saturated heterocycles. The summed E-state index contributed by atoms with van der Waals surface area (Å²) in [6, 6.07) is 7.10. The van der Waals surface area contributed by atoms with Gasteiger partial charge < -0.3 is 9.84 Å². The number of aliphatic hydroxyl groups excluding tert-OH is 1. The molecule has 2 nitrogen and oxygen atoms in total. The molecule has 0 aliphatic rings. The van der Waals surface area contributed by atoms with Crippen molar-refractivity contribution in [3.8, 4) is 5.75 Å². The van der Waals surface area contributed by atoms with E-state index >= 15 is 0 Å². The number of aliphatic hydroxyl groups is 1. The van der Waals surface area contributed by atoms with Gasteiger partial charge in [0, 0.05) is 5.56 Å². The van der Waals surface area contributed by atoms with E-state index in [-0.39, 0.29) is 23.5 Å². The van der Waals surface area contributed by atoms with Gasteiger partial charge in [0.1, 0.15) is 29.8 Å². The standard InChI is InChI=1S/C15H13F3O2/c1-9(19)11-7-10(16)5-6-15(11)20-8-12-13(17)3-2-4-14(12)18/h2-7,9,19H,8H2,1H3/t9-/m0/s1. The van der Waals surface area contributed by atoms with Crippen molar-refractivity contribution in [3.05, 3.63) is 65.0 Å². The Kier molecular flexibility index (Phi) is 4.29. The molecule has 5 heteroatoms. The lowest BCUT2D eigenvalue weighted by Crippen LogP contribution is -2.05. The second-order valence-electron chi connectivity index (χ2n) is 4.35. The molecule has 0 spiro atoms. The minimum Gasteiger partial charge on any atom is -0.488 e. The maximum Gasteiger partial charge on any atom is 0.132 e. The molecule has 0 amide bonds. The van der Waals surface area contributed by atoms with Gasteiger partial charge in [0.15, 0.2) is 0 Å². The predicted octanol–water partition coefficient (Wildman–Crippen LogP) is 3.74. The Balaban J connectivity index is 2.23. The molecule has 0 aliphatic heterocycles. The molecule has 2 rings (SSSR count). The van der Waals surface area contributed by atoms with Crippen LogP contribution in [0.2, 0.25) is 0 Å². The van der Waals surface area contributed by atoms with Crippen molar-refractivity contribution < 1.29 is 23.0 Å². The minimum absolute atomic E-state index is 0.184. The van der Waals surface area contributed by atoms with Crippen molar-refractivity contribution in [2.75, 3.05) is 0 Å². The van der Waals surface area contributed by atoms with E-state index < -0.39 is 23.6 Å². The van der Waals surface area contributed by atoms with E-state index in [9.17, 15) is 18.3 Å². The number of hydrogen-bond acceptors (Lipinski definition) is 2. The fourth-order valence-corrected chi connectivity index (χ4v) is 1.80. The maximum atomic E-state index is 13.4. The summed E-state index contributed by atoms with van der Waals surface area (Å²) in [7, 11) is 0. The lowest BCUT2D eigenvalue weighted by Gasteiger charge is -2.14. The molecule has 0 radical (unpaired) electrons. The third-order valence-electron chi connectivity index (χ3n) is 2.86. The fourth-order valence-electron chi connectivity index (χ4n) is 1.80. The zero-order valence-corrected chi connectivity index (χ0v) is 10.7. The van der Waals surface area contributed by atoms with E-state index in [0.717, 1.165) is 24.3 Å². The molecule has 0 bridgehead atoms. The summed E-state index contributed by atoms with van der Waals surface area (Å²) in [5.41, 5.74) is 0.00937. The summed E-state index contributed by atoms with van der Waals surface area (Å²) in [5.74, 6) is -1.77. The molecule has 0 heterocycles. The van der Waals surface area contributed by atoms with Gasteiger partial charge in [-0.3, -0.25) is 0 Å². The number of ether oxygens (including phenoxy) is 1. The van der Waals surface area contributed by atoms with Crippen LogP contribution in [0.15, 0.2) is 36.4 Å². The normalized spacial score (nSPS) is 12.2. The molecule has 20 heavy (non-hydrogen) atoms. The van der Waals surface area contributed by atoms with E-state index in [4.69, 9.17) is 4.74 Å². The summed E-state index contributed by atoms with van der Waals surface area (Å²) < 4.78 is 45.3. The van der Waals surface area contributed by atoms with Gasteiger partial charge in [-0.2, -0.15) is 0 Å². The van der Waals surface area contributed by atoms with E-state index in [2.05, 4.69) is 0 Å². The summed E-state index contributed by atoms with van der Waals surface area (Å²) in [6.45, 7) is 1.11. The molecule has 0 aromatic heterocycles. The van der Waals surface area contributed by atoms with Crippen LogP contribution >= 0.6 is 0 Å². The third-order valence-corrected chi connectivity index (χ3v) is 2.86. The van der Waals surface area contributed by atoms with Crippen LogP contribution in [0.3, 0.4) is 0 Å². The van der Waals surface area contributed by atoms with Crippen LogP contribution < -0.4 is 4.74 Å². The second-order valence-corrected chi connectivity index (χ2v) is 4.35. The Morgan fingerprint density at radius 3 is 2.35 bits per heavy atom. The Labute approximate surface area is 114 Å². The van der Waals surface area contributed by atoms with Gasteiger partial charge in [-0.15, -0.1) is 0 Å². The second kappa shape index (κ2) is 5.96. The van der Waals surface area contributed by atoms with Crippen LogP contribution in [0.25, 0.3) is 0 Å². The number of benzene rings is 2. The number of rotatable bonds is 4. The number of hydrogen-bond donors (Lipinski definition) is 1. The quantitative estimate of drug-likeness (QED) is 0.925. The molecule has 106 valence electrons. The van der Waals surface area contributed by atoms with E-state index in [1.807, 2.05) is 0 Å². The van der Waals surface area contributed by atoms with Gasteiger partial charge in [-0.1, -0.05) is 6.07 Å². The minimum atomic E-state index is -0.953. The smallest absolute Gasteiger partial charge is 0.132 e. The van der Waals surface area contributed by atoms with Crippen molar-refractivity contribution in [1.29, 1.82) is 0 Å². The first-order valence-corrected chi connectivity index (χ1v) is 6.02. The summed E-state index contributed by atoms with van der Waals surface area (Å²) >= 11 is 0. The highest BCUT2D eigenvalue weighted by atomic mass is 19.1. The SMILES string of the molecule is C[C@H](O)c1cc(F)ccc1OCc1c(F)cccc1F. The van der Waals surface area contributed by atoms with Crippen molar-refractivity contribution in [2.24, 2.45) is 0 Å². The summed E-state index contributed by atoms with van der Waals surface area (Å²) in [5, 5.41) is 9.54. The predicted molar refractivity (Wildman–Crippen MR) is 67.7 cm³/mol. The van der Waals surface area contributed by atoms with Crippen molar-refractivity contribution in [1.82, 2.24) is 0 Å². The zero-order chi connectivity index (χ0) is 14.7. The Bertz CT molecular complexity index is 592. The molecule has 0 unspecified atom stereocenters. The largest absolute Gasteiger partial charge is 0.488 e. The van der Waals surface area contributed by atoms with Crippen LogP contribution in [0.1, 0.15) is 24.2 Å². The van der Waals surface area contributed by atoms with Gasteiger partial charge in [-0.25, -0.2) is 13.2 Å².